The number of rotatable bonds is 29. The van der Waals surface area contributed by atoms with E-state index in [0.717, 1.165) is 28.5 Å². The molecule has 0 aliphatic carbocycles. The van der Waals surface area contributed by atoms with E-state index in [1.807, 2.05) is 0 Å². The molecule has 2 saturated heterocycles. The van der Waals surface area contributed by atoms with Crippen molar-refractivity contribution in [1.82, 2.24) is 74.1 Å². The first kappa shape index (κ1) is 96.8. The third-order valence-corrected chi connectivity index (χ3v) is 21.7. The van der Waals surface area contributed by atoms with Crippen molar-refractivity contribution in [3.05, 3.63) is 144 Å². The molecule has 0 radical (unpaired) electrons. The van der Waals surface area contributed by atoms with Crippen LogP contribution in [0.2, 0.25) is 0 Å². The first-order chi connectivity index (χ1) is 57.0. The van der Waals surface area contributed by atoms with Crippen LogP contribution in [0.15, 0.2) is 121 Å². The minimum atomic E-state index is -1.91. The van der Waals surface area contributed by atoms with Crippen LogP contribution in [-0.2, 0) is 97.6 Å². The van der Waals surface area contributed by atoms with Crippen LogP contribution in [0.3, 0.4) is 0 Å². The summed E-state index contributed by atoms with van der Waals surface area (Å²) in [6.07, 6.45) is 0.336. The monoisotopic (exact) mass is 1690 g/mol. The van der Waals surface area contributed by atoms with E-state index in [2.05, 4.69) is 74.1 Å². The van der Waals surface area contributed by atoms with Crippen molar-refractivity contribution in [3.63, 3.8) is 0 Å². The Morgan fingerprint density at radius 3 is 1.39 bits per heavy atom. The smallest absolute Gasteiger partial charge is 0.326 e. The van der Waals surface area contributed by atoms with Gasteiger partial charge in [0, 0.05) is 61.2 Å². The maximum Gasteiger partial charge on any atom is 0.326 e. The lowest BCUT2D eigenvalue weighted by Crippen LogP contribution is -2.63. The number of benzene rings is 4. The predicted octanol–water partition coefficient (Wildman–Crippen LogP) is -2.79. The normalized spacial score (nSPS) is 23.3. The van der Waals surface area contributed by atoms with E-state index in [0.29, 0.717) is 71.8 Å². The molecule has 7 rings (SSSR count). The molecule has 37 nitrogen and oxygen atoms in total. The lowest BCUT2D eigenvalue weighted by molar-refractivity contribution is -0.142. The Labute approximate surface area is 696 Å². The van der Waals surface area contributed by atoms with Gasteiger partial charge in [-0.15, -0.1) is 0 Å². The summed E-state index contributed by atoms with van der Waals surface area (Å²) < 4.78 is 0. The Hall–Kier alpha value is -11.1. The fraction of sp³-hybridized carbons (Fsp3) is 0.487. The van der Waals surface area contributed by atoms with Crippen molar-refractivity contribution in [2.45, 2.75) is 201 Å². The zero-order valence-electron chi connectivity index (χ0n) is 66.4. The Bertz CT molecular complexity index is 4180. The molecule has 14 atom stereocenters. The number of carboxylic acids is 2. The highest BCUT2D eigenvalue weighted by atomic mass is 33.1. The summed E-state index contributed by atoms with van der Waals surface area (Å²) in [5.41, 5.74) is 25.9. The standard InChI is InChI=1S/C78H108N18O17S2.C2H4O2/c1-45(98)65-77(111)92-58(38-48-24-9-4-10-25-48)71(105)93-61(42-97)74(108)95-63(76(110)87-55(78(112)113)30-15-18-34-81)44-115-114-43-62(94-66(100)52-31-19-35-83-52)75(109)86-53(28-13-16-32-79)67(101)91-60(40-64(82)99)73(107)89-56(36-46-20-5-2-6-21-46)69(103)88-57(37-47-22-7-3-8-23-47)70(104)90-59(39-49-41-84-51-27-12-11-26-50(49)51)72(106)85-54(68(102)96-65)29-14-17-33-80;1-2(3)4/h2-12,20-27,41,45,52-63,65,83-84,97-98H,13-19,28-40,42-44,79-81H2,1H3,(H2,82,99)(H,85,106)(H,86,109)(H,87,110)(H,88,103)(H,89,107)(H,90,104)(H,91,101)(H,92,111)(H,93,105)(H,94,100)(H,95,108)(H,96,102)(H,112,113);1H3,(H,3,4). The molecule has 26 N–H and O–H groups in total. The minimum Gasteiger partial charge on any atom is -0.481 e. The van der Waals surface area contributed by atoms with Gasteiger partial charge in [0.1, 0.15) is 72.5 Å². The Morgan fingerprint density at radius 2 is 0.908 bits per heavy atom. The van der Waals surface area contributed by atoms with Gasteiger partial charge in [0.15, 0.2) is 0 Å². The number of unbranched alkanes of at least 4 members (excludes halogenated alkanes) is 3. The van der Waals surface area contributed by atoms with Gasteiger partial charge in [-0.1, -0.05) is 131 Å². The first-order valence-corrected chi connectivity index (χ1v) is 41.9. The summed E-state index contributed by atoms with van der Waals surface area (Å²) in [6, 6.07) is 11.5. The largest absolute Gasteiger partial charge is 0.481 e. The third kappa shape index (κ3) is 33.3. The van der Waals surface area contributed by atoms with Crippen molar-refractivity contribution >= 4 is 121 Å². The number of amides is 13. The highest BCUT2D eigenvalue weighted by molar-refractivity contribution is 8.76. The molecule has 4 aromatic carbocycles. The van der Waals surface area contributed by atoms with Gasteiger partial charge in [-0.3, -0.25) is 67.1 Å². The van der Waals surface area contributed by atoms with Crippen molar-refractivity contribution < 1.29 is 92.3 Å². The second-order valence-electron chi connectivity index (χ2n) is 28.8. The number of H-pyrrole nitrogens is 1. The van der Waals surface area contributed by atoms with Gasteiger partial charge in [-0.2, -0.15) is 0 Å². The molecule has 0 spiro atoms. The summed E-state index contributed by atoms with van der Waals surface area (Å²) in [4.78, 5) is 215. The van der Waals surface area contributed by atoms with Crippen molar-refractivity contribution in [2.24, 2.45) is 22.9 Å². The molecule has 0 saturated carbocycles. The number of aromatic amines is 1. The summed E-state index contributed by atoms with van der Waals surface area (Å²) in [5.74, 6) is -16.1. The van der Waals surface area contributed by atoms with Crippen molar-refractivity contribution in [2.75, 3.05) is 44.3 Å². The SMILES string of the molecule is CC(=O)O.CC(O)C1NC(=O)C(CCCCN)NC(=O)C(Cc2c[nH]c3ccccc23)NC(=O)C(Cc2ccccc2)NC(=O)C(Cc2ccccc2)NC(=O)C(CC(N)=O)NC(=O)C(CCCCN)NC(=O)C(NC(=O)C2CCCN2)CSSCC(C(=O)NC(CCCCN)C(=O)O)NC(=O)C(CO)NC(=O)C(Cc2ccccc2)NC1=O. The molecule has 1 aromatic heterocycles. The van der Waals surface area contributed by atoms with Crippen LogP contribution < -0.4 is 92.1 Å². The van der Waals surface area contributed by atoms with Gasteiger partial charge in [0.05, 0.1) is 25.2 Å². The molecule has 648 valence electrons. The van der Waals surface area contributed by atoms with Gasteiger partial charge < -0.3 is 117 Å². The number of aliphatic hydroxyl groups excluding tert-OH is 2. The van der Waals surface area contributed by atoms with E-state index in [1.54, 1.807) is 121 Å². The molecule has 39 heteroatoms. The third-order valence-electron chi connectivity index (χ3n) is 19.3. The molecular weight excluding hydrogens is 1580 g/mol. The zero-order chi connectivity index (χ0) is 86.9. The minimum absolute atomic E-state index is 0.0919. The Morgan fingerprint density at radius 1 is 0.487 bits per heavy atom. The fourth-order valence-electron chi connectivity index (χ4n) is 12.9. The number of hydrogen-bond donors (Lipinski definition) is 22. The molecule has 2 aliphatic heterocycles. The Kier molecular flexibility index (Phi) is 41.7. The van der Waals surface area contributed by atoms with Gasteiger partial charge in [0.25, 0.3) is 5.97 Å². The number of nitrogens with two attached hydrogens (primary N) is 4. The predicted molar refractivity (Wildman–Crippen MR) is 444 cm³/mol. The number of aliphatic carboxylic acids is 2. The van der Waals surface area contributed by atoms with Crippen LogP contribution in [-0.4, -0.2) is 243 Å². The van der Waals surface area contributed by atoms with Crippen LogP contribution in [0.1, 0.15) is 113 Å². The van der Waals surface area contributed by atoms with Gasteiger partial charge in [0.2, 0.25) is 76.8 Å². The molecule has 2 fully saturated rings. The number of carbonyl (C=O) groups is 15. The van der Waals surface area contributed by atoms with E-state index in [1.165, 1.54) is 6.92 Å². The molecular formula is C80H112N18O19S2. The molecule has 2 aliphatic rings. The van der Waals surface area contributed by atoms with E-state index in [-0.39, 0.29) is 89.6 Å². The molecule has 3 heterocycles. The summed E-state index contributed by atoms with van der Waals surface area (Å²) in [6.45, 7) is 2.09. The lowest BCUT2D eigenvalue weighted by atomic mass is 10.00. The number of primary amides is 1. The number of carboxylic acid groups (broad SMARTS) is 2. The maximum atomic E-state index is 15.4. The molecule has 14 unspecified atom stereocenters. The summed E-state index contributed by atoms with van der Waals surface area (Å²) in [5, 5.41) is 74.9. The number of hydrogen-bond acceptors (Lipinski definition) is 23. The number of aromatic nitrogens is 1. The highest BCUT2D eigenvalue weighted by Gasteiger charge is 2.40. The first-order valence-electron chi connectivity index (χ1n) is 39.4. The second-order valence-corrected chi connectivity index (χ2v) is 31.4. The fourth-order valence-corrected chi connectivity index (χ4v) is 15.3. The summed E-state index contributed by atoms with van der Waals surface area (Å²) in [7, 11) is 1.75. The molecule has 119 heavy (non-hydrogen) atoms. The number of carbonyl (C=O) groups excluding carboxylic acids is 13. The van der Waals surface area contributed by atoms with Crippen LogP contribution in [0.4, 0.5) is 0 Å². The van der Waals surface area contributed by atoms with E-state index >= 15 is 14.4 Å². The van der Waals surface area contributed by atoms with Crippen LogP contribution in [0, 0.1) is 0 Å². The summed E-state index contributed by atoms with van der Waals surface area (Å²) >= 11 is 0. The van der Waals surface area contributed by atoms with Crippen LogP contribution in [0.5, 0.6) is 0 Å². The zero-order valence-corrected chi connectivity index (χ0v) is 68.1. The molecule has 0 bridgehead atoms. The molecule has 13 amide bonds. The number of fused-ring (bicyclic) bond motifs is 1. The van der Waals surface area contributed by atoms with Crippen LogP contribution in [0.25, 0.3) is 10.9 Å². The van der Waals surface area contributed by atoms with Crippen molar-refractivity contribution in [3.8, 4) is 0 Å². The average Bonchev–Trinajstić information content (AvgIpc) is 1.24. The van der Waals surface area contributed by atoms with E-state index < -0.39 is 192 Å². The van der Waals surface area contributed by atoms with E-state index in [4.69, 9.17) is 32.8 Å². The van der Waals surface area contributed by atoms with E-state index in [9.17, 15) is 68.1 Å². The van der Waals surface area contributed by atoms with Gasteiger partial charge >= 0.3 is 5.97 Å². The maximum absolute atomic E-state index is 15.4. The van der Waals surface area contributed by atoms with Gasteiger partial charge in [-0.25, -0.2) is 4.79 Å². The second kappa shape index (κ2) is 51.3. The Balaban J connectivity index is 0.00000536. The van der Waals surface area contributed by atoms with Crippen LogP contribution >= 0.6 is 21.6 Å². The average molecular weight is 1690 g/mol. The topological polar surface area (TPSA) is 613 Å². The number of para-hydroxylation sites is 1. The number of nitrogens with one attached hydrogen (secondary N) is 14. The quantitative estimate of drug-likeness (QED) is 0.0170. The number of aliphatic hydroxyl groups is 2. The van der Waals surface area contributed by atoms with Crippen molar-refractivity contribution in [1.29, 1.82) is 0 Å². The molecule has 5 aromatic rings. The van der Waals surface area contributed by atoms with Gasteiger partial charge in [-0.05, 0) is 132 Å². The highest BCUT2D eigenvalue weighted by Crippen LogP contribution is 2.25. The lowest BCUT2D eigenvalue weighted by Gasteiger charge is -2.29.